The highest BCUT2D eigenvalue weighted by Crippen LogP contribution is 2.35. The van der Waals surface area contributed by atoms with Gasteiger partial charge in [-0.15, -0.1) is 0 Å². The predicted molar refractivity (Wildman–Crippen MR) is 80.2 cm³/mol. The van der Waals surface area contributed by atoms with Gasteiger partial charge in [0, 0.05) is 12.5 Å². The van der Waals surface area contributed by atoms with Crippen molar-refractivity contribution in [2.24, 2.45) is 5.10 Å². The molecule has 0 radical (unpaired) electrons. The van der Waals surface area contributed by atoms with Gasteiger partial charge in [-0.1, -0.05) is 6.07 Å². The summed E-state index contributed by atoms with van der Waals surface area (Å²) >= 11 is 0. The van der Waals surface area contributed by atoms with Crippen molar-refractivity contribution < 1.29 is 24.2 Å². The van der Waals surface area contributed by atoms with Crippen molar-refractivity contribution in [1.82, 2.24) is 0 Å². The van der Waals surface area contributed by atoms with Gasteiger partial charge in [-0.2, -0.15) is 5.10 Å². The molecule has 118 valence electrons. The lowest BCUT2D eigenvalue weighted by Crippen LogP contribution is -2.47. The monoisotopic (exact) mass is 306 g/mol. The van der Waals surface area contributed by atoms with Gasteiger partial charge < -0.3 is 14.6 Å². The quantitative estimate of drug-likeness (QED) is 0.832. The Morgan fingerprint density at radius 3 is 2.77 bits per heavy atom. The molecule has 1 aliphatic heterocycles. The van der Waals surface area contributed by atoms with E-state index in [0.717, 1.165) is 0 Å². The first kappa shape index (κ1) is 15.8. The Morgan fingerprint density at radius 1 is 1.45 bits per heavy atom. The number of carbonyl (C=O) groups excluding carboxylic acids is 1. The number of benzene rings is 1. The van der Waals surface area contributed by atoms with E-state index in [9.17, 15) is 14.7 Å². The standard InChI is InChI=1S/C15H18N2O5/c1-4-22-13(18)12-9-15(2,14(19)20)17(16-12)10-6-5-7-11(8-10)21-3/h5-8H,4,9H2,1-3H3,(H,19,20)/t15-/m0/s1. The second kappa shape index (κ2) is 6.05. The fourth-order valence-corrected chi connectivity index (χ4v) is 2.25. The molecular weight excluding hydrogens is 288 g/mol. The number of carboxylic acids is 1. The summed E-state index contributed by atoms with van der Waals surface area (Å²) in [7, 11) is 1.52. The van der Waals surface area contributed by atoms with Crippen LogP contribution in [0.1, 0.15) is 20.3 Å². The Labute approximate surface area is 128 Å². The number of carbonyl (C=O) groups is 2. The maximum Gasteiger partial charge on any atom is 0.354 e. The molecule has 7 heteroatoms. The molecule has 0 aromatic heterocycles. The van der Waals surface area contributed by atoms with Gasteiger partial charge in [0.2, 0.25) is 0 Å². The average molecular weight is 306 g/mol. The maximum atomic E-state index is 11.9. The number of rotatable bonds is 5. The van der Waals surface area contributed by atoms with Crippen molar-refractivity contribution in [1.29, 1.82) is 0 Å². The van der Waals surface area contributed by atoms with Gasteiger partial charge in [0.25, 0.3) is 0 Å². The first-order valence-electron chi connectivity index (χ1n) is 6.84. The molecule has 7 nitrogen and oxygen atoms in total. The topological polar surface area (TPSA) is 88.4 Å². The van der Waals surface area contributed by atoms with E-state index in [2.05, 4.69) is 5.10 Å². The molecule has 0 saturated heterocycles. The average Bonchev–Trinajstić information content (AvgIpc) is 2.87. The molecule has 0 spiro atoms. The van der Waals surface area contributed by atoms with E-state index in [4.69, 9.17) is 9.47 Å². The second-order valence-corrected chi connectivity index (χ2v) is 5.04. The summed E-state index contributed by atoms with van der Waals surface area (Å²) in [5.74, 6) is -1.09. The third-order valence-corrected chi connectivity index (χ3v) is 3.47. The summed E-state index contributed by atoms with van der Waals surface area (Å²) in [5, 5.41) is 15.1. The first-order valence-corrected chi connectivity index (χ1v) is 6.84. The van der Waals surface area contributed by atoms with Crippen LogP contribution in [0.3, 0.4) is 0 Å². The van der Waals surface area contributed by atoms with Gasteiger partial charge >= 0.3 is 11.9 Å². The lowest BCUT2D eigenvalue weighted by Gasteiger charge is -2.30. The minimum Gasteiger partial charge on any atom is -0.497 e. The van der Waals surface area contributed by atoms with Gasteiger partial charge in [-0.25, -0.2) is 14.6 Å². The summed E-state index contributed by atoms with van der Waals surface area (Å²) < 4.78 is 10.1. The number of nitrogens with zero attached hydrogens (tertiary/aromatic N) is 2. The van der Waals surface area contributed by atoms with Crippen LogP contribution in [0.2, 0.25) is 0 Å². The van der Waals surface area contributed by atoms with Crippen LogP contribution in [0.15, 0.2) is 29.4 Å². The van der Waals surface area contributed by atoms with Gasteiger partial charge in [-0.3, -0.25) is 0 Å². The van der Waals surface area contributed by atoms with Crippen LogP contribution >= 0.6 is 0 Å². The number of hydrazone groups is 1. The molecule has 1 atom stereocenters. The molecule has 1 aromatic rings. The number of hydrogen-bond donors (Lipinski definition) is 1. The van der Waals surface area contributed by atoms with E-state index in [1.54, 1.807) is 31.2 Å². The van der Waals surface area contributed by atoms with E-state index >= 15 is 0 Å². The van der Waals surface area contributed by atoms with E-state index in [-0.39, 0.29) is 18.7 Å². The molecule has 2 rings (SSSR count). The molecule has 0 fully saturated rings. The largest absolute Gasteiger partial charge is 0.497 e. The van der Waals surface area contributed by atoms with Gasteiger partial charge in [0.05, 0.1) is 19.4 Å². The third-order valence-electron chi connectivity index (χ3n) is 3.47. The molecule has 1 aliphatic rings. The highest BCUT2D eigenvalue weighted by molar-refractivity contribution is 6.38. The Morgan fingerprint density at radius 2 is 2.18 bits per heavy atom. The molecular formula is C15H18N2O5. The Hall–Kier alpha value is -2.57. The van der Waals surface area contributed by atoms with Crippen LogP contribution in [0, 0.1) is 0 Å². The van der Waals surface area contributed by atoms with Gasteiger partial charge in [0.1, 0.15) is 11.5 Å². The second-order valence-electron chi connectivity index (χ2n) is 5.04. The first-order chi connectivity index (χ1) is 10.4. The highest BCUT2D eigenvalue weighted by atomic mass is 16.5. The van der Waals surface area contributed by atoms with Gasteiger partial charge in [0.15, 0.2) is 5.54 Å². The third kappa shape index (κ3) is 2.74. The van der Waals surface area contributed by atoms with Crippen molar-refractivity contribution >= 4 is 23.3 Å². The Kier molecular flexibility index (Phi) is 4.35. The fraction of sp³-hybridized carbons (Fsp3) is 0.400. The molecule has 0 aliphatic carbocycles. The van der Waals surface area contributed by atoms with Crippen molar-refractivity contribution in [2.45, 2.75) is 25.8 Å². The zero-order valence-electron chi connectivity index (χ0n) is 12.7. The van der Waals surface area contributed by atoms with Crippen molar-refractivity contribution in [2.75, 3.05) is 18.7 Å². The summed E-state index contributed by atoms with van der Waals surface area (Å²) in [5.41, 5.74) is -0.729. The van der Waals surface area contributed by atoms with Gasteiger partial charge in [-0.05, 0) is 26.0 Å². The molecule has 0 bridgehead atoms. The number of aliphatic carboxylic acids is 1. The van der Waals surface area contributed by atoms with Crippen LogP contribution in [0.25, 0.3) is 0 Å². The van der Waals surface area contributed by atoms with Crippen molar-refractivity contribution in [3.8, 4) is 5.75 Å². The number of esters is 1. The zero-order valence-corrected chi connectivity index (χ0v) is 12.7. The normalized spacial score (nSPS) is 20.5. The number of anilines is 1. The molecule has 1 aromatic carbocycles. The van der Waals surface area contributed by atoms with E-state index in [1.165, 1.54) is 19.0 Å². The summed E-state index contributed by atoms with van der Waals surface area (Å²) in [4.78, 5) is 23.5. The van der Waals surface area contributed by atoms with Crippen LogP contribution in [-0.2, 0) is 14.3 Å². The number of hydrogen-bond acceptors (Lipinski definition) is 6. The smallest absolute Gasteiger partial charge is 0.354 e. The lowest BCUT2D eigenvalue weighted by molar-refractivity contribution is -0.142. The Bertz CT molecular complexity index is 628. The fourth-order valence-electron chi connectivity index (χ4n) is 2.25. The number of methoxy groups -OCH3 is 1. The van der Waals surface area contributed by atoms with Crippen LogP contribution in [0.4, 0.5) is 5.69 Å². The Balaban J connectivity index is 2.43. The van der Waals surface area contributed by atoms with Crippen LogP contribution in [0.5, 0.6) is 5.75 Å². The minimum absolute atomic E-state index is 0.0294. The maximum absolute atomic E-state index is 11.9. The molecule has 1 N–H and O–H groups in total. The molecule has 0 amide bonds. The van der Waals surface area contributed by atoms with E-state index in [1.807, 2.05) is 0 Å². The lowest BCUT2D eigenvalue weighted by atomic mass is 9.95. The number of ether oxygens (including phenoxy) is 2. The molecule has 0 saturated carbocycles. The van der Waals surface area contributed by atoms with Crippen molar-refractivity contribution in [3.63, 3.8) is 0 Å². The zero-order chi connectivity index (χ0) is 16.3. The number of carboxylic acid groups (broad SMARTS) is 1. The van der Waals surface area contributed by atoms with Crippen molar-refractivity contribution in [3.05, 3.63) is 24.3 Å². The predicted octanol–water partition coefficient (Wildman–Crippen LogP) is 1.67. The summed E-state index contributed by atoms with van der Waals surface area (Å²) in [6.07, 6.45) is -0.0294. The molecule has 1 heterocycles. The molecule has 0 unspecified atom stereocenters. The van der Waals surface area contributed by atoms with Crippen LogP contribution < -0.4 is 9.75 Å². The van der Waals surface area contributed by atoms with Crippen LogP contribution in [-0.4, -0.2) is 42.0 Å². The highest BCUT2D eigenvalue weighted by Gasteiger charge is 2.48. The molecule has 22 heavy (non-hydrogen) atoms. The summed E-state index contributed by atoms with van der Waals surface area (Å²) in [6.45, 7) is 3.41. The SMILES string of the molecule is CCOC(=O)C1=NN(c2cccc(OC)c2)[C@](C)(C(=O)O)C1. The van der Waals surface area contributed by atoms with E-state index < -0.39 is 17.5 Å². The van der Waals surface area contributed by atoms with E-state index in [0.29, 0.717) is 11.4 Å². The summed E-state index contributed by atoms with van der Waals surface area (Å²) in [6, 6.07) is 6.85. The minimum atomic E-state index is -1.35.